The number of rotatable bonds is 8. The van der Waals surface area contributed by atoms with Gasteiger partial charge in [0.1, 0.15) is 12.4 Å². The Bertz CT molecular complexity index is 854. The topological polar surface area (TPSA) is 43.6 Å². The summed E-state index contributed by atoms with van der Waals surface area (Å²) in [5.74, 6) is 2.26. The molecular formula is C20H20Cl3NO3. The molecule has 27 heavy (non-hydrogen) atoms. The molecule has 0 radical (unpaired) electrons. The third-order valence-electron chi connectivity index (χ3n) is 3.81. The van der Waals surface area contributed by atoms with Crippen LogP contribution < -0.4 is 14.8 Å². The van der Waals surface area contributed by atoms with E-state index in [1.165, 1.54) is 0 Å². The van der Waals surface area contributed by atoms with E-state index in [2.05, 4.69) is 5.32 Å². The average molecular weight is 429 g/mol. The zero-order valence-corrected chi connectivity index (χ0v) is 17.0. The Morgan fingerprint density at radius 1 is 0.926 bits per heavy atom. The van der Waals surface area contributed by atoms with Gasteiger partial charge < -0.3 is 19.2 Å². The highest BCUT2D eigenvalue weighted by atomic mass is 35.5. The maximum atomic E-state index is 6.03. The molecule has 0 spiro atoms. The summed E-state index contributed by atoms with van der Waals surface area (Å²) in [5, 5.41) is 4.37. The van der Waals surface area contributed by atoms with E-state index in [0.29, 0.717) is 41.2 Å². The highest BCUT2D eigenvalue weighted by Gasteiger charge is 2.07. The van der Waals surface area contributed by atoms with Gasteiger partial charge in [0.2, 0.25) is 0 Å². The van der Waals surface area contributed by atoms with Crippen molar-refractivity contribution in [3.05, 3.63) is 81.7 Å². The molecule has 0 aliphatic carbocycles. The molecule has 0 aliphatic heterocycles. The van der Waals surface area contributed by atoms with Gasteiger partial charge in [0.15, 0.2) is 11.5 Å². The fourth-order valence-electron chi connectivity index (χ4n) is 2.47. The summed E-state index contributed by atoms with van der Waals surface area (Å²) in [7, 11) is 1.63. The Morgan fingerprint density at radius 2 is 1.74 bits per heavy atom. The van der Waals surface area contributed by atoms with Crippen LogP contribution in [0.25, 0.3) is 0 Å². The van der Waals surface area contributed by atoms with Crippen molar-refractivity contribution in [2.24, 2.45) is 0 Å². The maximum Gasteiger partial charge on any atom is 0.161 e. The minimum Gasteiger partial charge on any atom is -0.493 e. The Balaban J connectivity index is 0.00000261. The van der Waals surface area contributed by atoms with Crippen molar-refractivity contribution in [2.45, 2.75) is 19.7 Å². The molecule has 0 atom stereocenters. The molecule has 0 amide bonds. The first kappa shape index (κ1) is 21.5. The molecule has 144 valence electrons. The largest absolute Gasteiger partial charge is 0.493 e. The van der Waals surface area contributed by atoms with Gasteiger partial charge in [-0.05, 0) is 47.5 Å². The van der Waals surface area contributed by atoms with E-state index >= 15 is 0 Å². The number of nitrogens with one attached hydrogen (secondary N) is 1. The lowest BCUT2D eigenvalue weighted by Gasteiger charge is -2.13. The summed E-state index contributed by atoms with van der Waals surface area (Å²) in [6.07, 6.45) is 1.67. The van der Waals surface area contributed by atoms with Crippen LogP contribution in [-0.4, -0.2) is 7.11 Å². The molecule has 1 N–H and O–H groups in total. The molecule has 0 unspecified atom stereocenters. The van der Waals surface area contributed by atoms with Gasteiger partial charge >= 0.3 is 0 Å². The molecular weight excluding hydrogens is 409 g/mol. The van der Waals surface area contributed by atoms with E-state index in [0.717, 1.165) is 16.9 Å². The Hall–Kier alpha value is -1.85. The second-order valence-electron chi connectivity index (χ2n) is 5.71. The van der Waals surface area contributed by atoms with Gasteiger partial charge in [-0.1, -0.05) is 35.3 Å². The summed E-state index contributed by atoms with van der Waals surface area (Å²) >= 11 is 12.0. The quantitative estimate of drug-likeness (QED) is 0.486. The van der Waals surface area contributed by atoms with E-state index in [-0.39, 0.29) is 12.4 Å². The van der Waals surface area contributed by atoms with Gasteiger partial charge in [-0.25, -0.2) is 0 Å². The zero-order valence-electron chi connectivity index (χ0n) is 14.7. The molecule has 0 saturated carbocycles. The fourth-order valence-corrected chi connectivity index (χ4v) is 2.80. The van der Waals surface area contributed by atoms with E-state index in [1.54, 1.807) is 25.5 Å². The summed E-state index contributed by atoms with van der Waals surface area (Å²) in [4.78, 5) is 0. The normalized spacial score (nSPS) is 10.3. The number of ether oxygens (including phenoxy) is 2. The Labute approximate surface area is 174 Å². The highest BCUT2D eigenvalue weighted by Crippen LogP contribution is 2.29. The summed E-state index contributed by atoms with van der Waals surface area (Å²) in [6, 6.07) is 15.1. The second kappa shape index (κ2) is 10.5. The number of benzene rings is 2. The molecule has 0 bridgehead atoms. The first-order valence-corrected chi connectivity index (χ1v) is 8.88. The van der Waals surface area contributed by atoms with Crippen molar-refractivity contribution < 1.29 is 13.9 Å². The summed E-state index contributed by atoms with van der Waals surface area (Å²) < 4.78 is 16.6. The molecule has 0 aliphatic rings. The van der Waals surface area contributed by atoms with Gasteiger partial charge in [0.25, 0.3) is 0 Å². The second-order valence-corrected chi connectivity index (χ2v) is 6.52. The molecule has 3 rings (SSSR count). The van der Waals surface area contributed by atoms with E-state index in [4.69, 9.17) is 37.1 Å². The monoisotopic (exact) mass is 427 g/mol. The fraction of sp³-hybridized carbons (Fsp3) is 0.200. The van der Waals surface area contributed by atoms with Crippen molar-refractivity contribution in [3.63, 3.8) is 0 Å². The predicted molar refractivity (Wildman–Crippen MR) is 110 cm³/mol. The molecule has 1 aromatic heterocycles. The van der Waals surface area contributed by atoms with Gasteiger partial charge in [-0.3, -0.25) is 0 Å². The van der Waals surface area contributed by atoms with Crippen LogP contribution in [0.5, 0.6) is 11.5 Å². The van der Waals surface area contributed by atoms with Crippen molar-refractivity contribution in [1.82, 2.24) is 5.32 Å². The van der Waals surface area contributed by atoms with Crippen molar-refractivity contribution in [2.75, 3.05) is 7.11 Å². The smallest absolute Gasteiger partial charge is 0.161 e. The van der Waals surface area contributed by atoms with Gasteiger partial charge in [0, 0.05) is 6.54 Å². The minimum atomic E-state index is 0. The van der Waals surface area contributed by atoms with Crippen molar-refractivity contribution in [3.8, 4) is 11.5 Å². The van der Waals surface area contributed by atoms with E-state index in [1.807, 2.05) is 36.4 Å². The van der Waals surface area contributed by atoms with Gasteiger partial charge in [0.05, 0.1) is 30.0 Å². The van der Waals surface area contributed by atoms with Gasteiger partial charge in [-0.2, -0.15) is 0 Å². The van der Waals surface area contributed by atoms with Crippen LogP contribution in [0.2, 0.25) is 10.0 Å². The van der Waals surface area contributed by atoms with E-state index in [9.17, 15) is 0 Å². The van der Waals surface area contributed by atoms with Gasteiger partial charge in [-0.15, -0.1) is 12.4 Å². The molecule has 3 aromatic rings. The SMILES string of the molecule is COc1cc(CNCc2ccco2)ccc1OCc1ccc(Cl)c(Cl)c1.Cl. The molecule has 0 fully saturated rings. The summed E-state index contributed by atoms with van der Waals surface area (Å²) in [5.41, 5.74) is 2.03. The lowest BCUT2D eigenvalue weighted by Crippen LogP contribution is -2.12. The Morgan fingerprint density at radius 3 is 2.44 bits per heavy atom. The van der Waals surface area contributed by atoms with Crippen LogP contribution in [0.4, 0.5) is 0 Å². The van der Waals surface area contributed by atoms with Crippen molar-refractivity contribution in [1.29, 1.82) is 0 Å². The molecule has 0 saturated heterocycles. The number of furan rings is 1. The van der Waals surface area contributed by atoms with Crippen LogP contribution in [0.1, 0.15) is 16.9 Å². The molecule has 2 aromatic carbocycles. The lowest BCUT2D eigenvalue weighted by atomic mass is 10.2. The van der Waals surface area contributed by atoms with Crippen LogP contribution in [0, 0.1) is 0 Å². The maximum absolute atomic E-state index is 6.03. The van der Waals surface area contributed by atoms with E-state index < -0.39 is 0 Å². The highest BCUT2D eigenvalue weighted by molar-refractivity contribution is 6.42. The third kappa shape index (κ3) is 6.08. The Kier molecular flexibility index (Phi) is 8.32. The summed E-state index contributed by atoms with van der Waals surface area (Å²) in [6.45, 7) is 1.75. The van der Waals surface area contributed by atoms with Crippen LogP contribution in [0.15, 0.2) is 59.2 Å². The average Bonchev–Trinajstić information content (AvgIpc) is 3.16. The number of methoxy groups -OCH3 is 1. The third-order valence-corrected chi connectivity index (χ3v) is 4.55. The van der Waals surface area contributed by atoms with Crippen LogP contribution in [0.3, 0.4) is 0 Å². The lowest BCUT2D eigenvalue weighted by molar-refractivity contribution is 0.284. The zero-order chi connectivity index (χ0) is 18.4. The first-order valence-electron chi connectivity index (χ1n) is 8.12. The first-order chi connectivity index (χ1) is 12.7. The molecule has 1 heterocycles. The van der Waals surface area contributed by atoms with Crippen molar-refractivity contribution >= 4 is 35.6 Å². The minimum absolute atomic E-state index is 0. The standard InChI is InChI=1S/C20H19Cl2NO3.ClH/c1-24-20-10-14(11-23-12-16-3-2-8-25-16)5-7-19(20)26-13-15-4-6-17(21)18(22)9-15;/h2-10,23H,11-13H2,1H3;1H. The number of halogens is 3. The number of hydrogen-bond donors (Lipinski definition) is 1. The molecule has 7 heteroatoms. The predicted octanol–water partition coefficient (Wildman–Crippen LogP) is 5.89. The molecule has 4 nitrogen and oxygen atoms in total. The number of hydrogen-bond acceptors (Lipinski definition) is 4. The van der Waals surface area contributed by atoms with Crippen LogP contribution >= 0.6 is 35.6 Å². The van der Waals surface area contributed by atoms with Crippen LogP contribution in [-0.2, 0) is 19.7 Å².